The Hall–Kier alpha value is -1.05. The SMILES string of the molecule is C/C=C/CCC/C=C/CC(=O)OC. The van der Waals surface area contributed by atoms with E-state index >= 15 is 0 Å². The predicted molar refractivity (Wildman–Crippen MR) is 54.4 cm³/mol. The van der Waals surface area contributed by atoms with Crippen molar-refractivity contribution in [1.82, 2.24) is 0 Å². The monoisotopic (exact) mass is 182 g/mol. The highest BCUT2D eigenvalue weighted by Crippen LogP contribution is 1.98. The summed E-state index contributed by atoms with van der Waals surface area (Å²) in [5.41, 5.74) is 0. The van der Waals surface area contributed by atoms with Crippen LogP contribution in [0.2, 0.25) is 0 Å². The summed E-state index contributed by atoms with van der Waals surface area (Å²) in [6, 6.07) is 0. The Kier molecular flexibility index (Phi) is 8.31. The van der Waals surface area contributed by atoms with Crippen LogP contribution in [0.5, 0.6) is 0 Å². The molecule has 0 aliphatic rings. The molecule has 0 unspecified atom stereocenters. The van der Waals surface area contributed by atoms with Gasteiger partial charge in [0.2, 0.25) is 0 Å². The molecule has 0 N–H and O–H groups in total. The molecule has 0 bridgehead atoms. The van der Waals surface area contributed by atoms with E-state index in [0.717, 1.165) is 19.3 Å². The number of hydrogen-bond donors (Lipinski definition) is 0. The third-order valence-corrected chi connectivity index (χ3v) is 1.66. The summed E-state index contributed by atoms with van der Waals surface area (Å²) in [6.07, 6.45) is 11.8. The van der Waals surface area contributed by atoms with E-state index in [1.807, 2.05) is 19.1 Å². The van der Waals surface area contributed by atoms with Crippen molar-refractivity contribution >= 4 is 5.97 Å². The van der Waals surface area contributed by atoms with E-state index in [0.29, 0.717) is 6.42 Å². The molecular formula is C11H18O2. The van der Waals surface area contributed by atoms with E-state index in [9.17, 15) is 4.79 Å². The lowest BCUT2D eigenvalue weighted by atomic mass is 10.2. The lowest BCUT2D eigenvalue weighted by Crippen LogP contribution is -1.96. The van der Waals surface area contributed by atoms with E-state index < -0.39 is 0 Å². The fourth-order valence-corrected chi connectivity index (χ4v) is 0.901. The number of hydrogen-bond acceptors (Lipinski definition) is 2. The van der Waals surface area contributed by atoms with Crippen LogP contribution in [-0.2, 0) is 9.53 Å². The lowest BCUT2D eigenvalue weighted by molar-refractivity contribution is -0.139. The summed E-state index contributed by atoms with van der Waals surface area (Å²) in [7, 11) is 1.40. The van der Waals surface area contributed by atoms with Crippen LogP contribution in [0.4, 0.5) is 0 Å². The van der Waals surface area contributed by atoms with E-state index in [1.54, 1.807) is 0 Å². The first-order chi connectivity index (χ1) is 6.31. The van der Waals surface area contributed by atoms with E-state index in [4.69, 9.17) is 0 Å². The van der Waals surface area contributed by atoms with Crippen LogP contribution < -0.4 is 0 Å². The Bertz CT molecular complexity index is 181. The van der Waals surface area contributed by atoms with Gasteiger partial charge in [-0.25, -0.2) is 0 Å². The zero-order valence-corrected chi connectivity index (χ0v) is 8.45. The largest absolute Gasteiger partial charge is 0.469 e. The molecule has 0 aliphatic carbocycles. The average molecular weight is 182 g/mol. The van der Waals surface area contributed by atoms with Crippen LogP contribution in [0.3, 0.4) is 0 Å². The minimum absolute atomic E-state index is 0.176. The van der Waals surface area contributed by atoms with Crippen molar-refractivity contribution in [2.75, 3.05) is 7.11 Å². The number of carbonyl (C=O) groups is 1. The van der Waals surface area contributed by atoms with Gasteiger partial charge in [0.05, 0.1) is 13.5 Å². The Labute approximate surface area is 80.3 Å². The average Bonchev–Trinajstić information content (AvgIpc) is 2.16. The maximum atomic E-state index is 10.7. The van der Waals surface area contributed by atoms with Crippen molar-refractivity contribution in [2.45, 2.75) is 32.6 Å². The Morgan fingerprint density at radius 2 is 1.92 bits per heavy atom. The molecule has 0 aromatic heterocycles. The van der Waals surface area contributed by atoms with Gasteiger partial charge < -0.3 is 4.74 Å². The summed E-state index contributed by atoms with van der Waals surface area (Å²) in [6.45, 7) is 2.02. The van der Waals surface area contributed by atoms with Gasteiger partial charge in [-0.3, -0.25) is 4.79 Å². The summed E-state index contributed by atoms with van der Waals surface area (Å²) < 4.78 is 4.49. The van der Waals surface area contributed by atoms with Crippen molar-refractivity contribution in [2.24, 2.45) is 0 Å². The van der Waals surface area contributed by atoms with Crippen molar-refractivity contribution < 1.29 is 9.53 Å². The number of rotatable bonds is 6. The second-order valence-electron chi connectivity index (χ2n) is 2.75. The van der Waals surface area contributed by atoms with E-state index in [-0.39, 0.29) is 5.97 Å². The zero-order chi connectivity index (χ0) is 9.94. The van der Waals surface area contributed by atoms with Gasteiger partial charge in [0.25, 0.3) is 0 Å². The highest BCUT2D eigenvalue weighted by Gasteiger charge is 1.92. The second kappa shape index (κ2) is 9.04. The van der Waals surface area contributed by atoms with Gasteiger partial charge in [-0.05, 0) is 26.2 Å². The molecule has 0 radical (unpaired) electrons. The van der Waals surface area contributed by atoms with Crippen molar-refractivity contribution in [3.63, 3.8) is 0 Å². The molecule has 2 nitrogen and oxygen atoms in total. The molecule has 0 aliphatic heterocycles. The molecule has 0 heterocycles. The maximum absolute atomic E-state index is 10.7. The third-order valence-electron chi connectivity index (χ3n) is 1.66. The third kappa shape index (κ3) is 8.86. The highest BCUT2D eigenvalue weighted by atomic mass is 16.5. The molecule has 0 aromatic rings. The molecule has 0 aromatic carbocycles. The minimum Gasteiger partial charge on any atom is -0.469 e. The van der Waals surface area contributed by atoms with Crippen LogP contribution >= 0.6 is 0 Å². The van der Waals surface area contributed by atoms with Crippen molar-refractivity contribution in [3.8, 4) is 0 Å². The van der Waals surface area contributed by atoms with Gasteiger partial charge in [0.1, 0.15) is 0 Å². The predicted octanol–water partition coefficient (Wildman–Crippen LogP) is 2.85. The fraction of sp³-hybridized carbons (Fsp3) is 0.545. The van der Waals surface area contributed by atoms with Gasteiger partial charge in [-0.15, -0.1) is 0 Å². The van der Waals surface area contributed by atoms with Crippen LogP contribution in [-0.4, -0.2) is 13.1 Å². The van der Waals surface area contributed by atoms with Crippen LogP contribution in [0, 0.1) is 0 Å². The molecule has 0 saturated heterocycles. The maximum Gasteiger partial charge on any atom is 0.309 e. The molecule has 0 fully saturated rings. The molecule has 0 spiro atoms. The summed E-state index contributed by atoms with van der Waals surface area (Å²) in [4.78, 5) is 10.7. The van der Waals surface area contributed by atoms with Gasteiger partial charge in [0, 0.05) is 0 Å². The Morgan fingerprint density at radius 3 is 2.54 bits per heavy atom. The van der Waals surface area contributed by atoms with Crippen LogP contribution in [0.25, 0.3) is 0 Å². The van der Waals surface area contributed by atoms with Gasteiger partial charge in [-0.1, -0.05) is 24.3 Å². The zero-order valence-electron chi connectivity index (χ0n) is 8.45. The number of carbonyl (C=O) groups excluding carboxylic acids is 1. The molecule has 2 heteroatoms. The summed E-state index contributed by atoms with van der Waals surface area (Å²) in [5, 5.41) is 0. The molecule has 0 rings (SSSR count). The number of methoxy groups -OCH3 is 1. The van der Waals surface area contributed by atoms with Crippen LogP contribution in [0.15, 0.2) is 24.3 Å². The molecule has 0 atom stereocenters. The Balaban J connectivity index is 3.26. The van der Waals surface area contributed by atoms with Crippen molar-refractivity contribution in [3.05, 3.63) is 24.3 Å². The van der Waals surface area contributed by atoms with Gasteiger partial charge >= 0.3 is 5.97 Å². The van der Waals surface area contributed by atoms with Gasteiger partial charge in [-0.2, -0.15) is 0 Å². The first-order valence-electron chi connectivity index (χ1n) is 4.64. The molecule has 13 heavy (non-hydrogen) atoms. The molecular weight excluding hydrogens is 164 g/mol. The highest BCUT2D eigenvalue weighted by molar-refractivity contribution is 5.70. The first kappa shape index (κ1) is 11.9. The molecule has 0 saturated carbocycles. The summed E-state index contributed by atoms with van der Waals surface area (Å²) in [5.74, 6) is -0.176. The first-order valence-corrected chi connectivity index (χ1v) is 4.64. The molecule has 74 valence electrons. The van der Waals surface area contributed by atoms with E-state index in [2.05, 4.69) is 16.9 Å². The summed E-state index contributed by atoms with van der Waals surface area (Å²) >= 11 is 0. The van der Waals surface area contributed by atoms with Crippen LogP contribution in [0.1, 0.15) is 32.6 Å². The van der Waals surface area contributed by atoms with E-state index in [1.165, 1.54) is 7.11 Å². The smallest absolute Gasteiger partial charge is 0.309 e. The standard InChI is InChI=1S/C11H18O2/c1-3-4-5-6-7-8-9-10-11(12)13-2/h3-4,8-9H,5-7,10H2,1-2H3/b4-3+,9-8+. The quantitative estimate of drug-likeness (QED) is 0.358. The number of esters is 1. The minimum atomic E-state index is -0.176. The fourth-order valence-electron chi connectivity index (χ4n) is 0.901. The second-order valence-corrected chi connectivity index (χ2v) is 2.75. The Morgan fingerprint density at radius 1 is 1.23 bits per heavy atom. The number of allylic oxidation sites excluding steroid dienone is 3. The normalized spacial score (nSPS) is 11.2. The lowest BCUT2D eigenvalue weighted by Gasteiger charge is -1.92. The topological polar surface area (TPSA) is 26.3 Å². The number of ether oxygens (including phenoxy) is 1. The molecule has 0 amide bonds. The van der Waals surface area contributed by atoms with Crippen molar-refractivity contribution in [1.29, 1.82) is 0 Å². The number of unbranched alkanes of at least 4 members (excludes halogenated alkanes) is 2. The van der Waals surface area contributed by atoms with Gasteiger partial charge in [0.15, 0.2) is 0 Å².